The maximum Gasteiger partial charge on any atom is 0.282 e. The predicted octanol–water partition coefficient (Wildman–Crippen LogP) is 4.77. The number of nitro groups is 1. The van der Waals surface area contributed by atoms with Gasteiger partial charge in [0.05, 0.1) is 11.0 Å². The molecule has 2 aromatic carbocycles. The van der Waals surface area contributed by atoms with Crippen LogP contribution in [0.5, 0.6) is 5.75 Å². The van der Waals surface area contributed by atoms with Gasteiger partial charge in [0, 0.05) is 9.93 Å². The van der Waals surface area contributed by atoms with Crippen LogP contribution in [0.4, 0.5) is 11.4 Å². The molecule has 0 aliphatic carbocycles. The molecule has 0 saturated carbocycles. The van der Waals surface area contributed by atoms with Crippen molar-refractivity contribution in [2.45, 2.75) is 6.61 Å². The minimum absolute atomic E-state index is 0.0543. The number of nitrogens with zero attached hydrogens (tertiary/aromatic N) is 4. The molecule has 0 bridgehead atoms. The molecule has 0 atom stereocenters. The molecule has 0 unspecified atom stereocenters. The van der Waals surface area contributed by atoms with Crippen LogP contribution in [0.3, 0.4) is 0 Å². The van der Waals surface area contributed by atoms with E-state index in [0.29, 0.717) is 10.8 Å². The van der Waals surface area contributed by atoms with Crippen LogP contribution in [0.1, 0.15) is 5.56 Å². The van der Waals surface area contributed by atoms with E-state index in [-0.39, 0.29) is 18.0 Å². The van der Waals surface area contributed by atoms with Crippen molar-refractivity contribution in [3.8, 4) is 5.75 Å². The van der Waals surface area contributed by atoms with E-state index in [2.05, 4.69) is 10.0 Å². The van der Waals surface area contributed by atoms with E-state index in [9.17, 15) is 10.1 Å². The minimum atomic E-state index is -0.626. The smallest absolute Gasteiger partial charge is 0.282 e. The topological polar surface area (TPSA) is 101 Å². The van der Waals surface area contributed by atoms with Gasteiger partial charge in [0.25, 0.3) is 5.69 Å². The van der Waals surface area contributed by atoms with Crippen LogP contribution in [0.15, 0.2) is 47.6 Å². The normalized spacial score (nSPS) is 9.76. The molecule has 0 N–H and O–H groups in total. The predicted molar refractivity (Wildman–Crippen MR) is 77.7 cm³/mol. The molecule has 0 aromatic heterocycles. The Balaban J connectivity index is 2.17. The van der Waals surface area contributed by atoms with Gasteiger partial charge in [0.2, 0.25) is 0 Å². The molecule has 7 nitrogen and oxygen atoms in total. The van der Waals surface area contributed by atoms with Gasteiger partial charge in [-0.15, -0.1) is 0 Å². The van der Waals surface area contributed by atoms with Crippen molar-refractivity contribution in [3.05, 3.63) is 73.6 Å². The summed E-state index contributed by atoms with van der Waals surface area (Å²) in [6.45, 7) is 0.245. The number of benzene rings is 2. The fourth-order valence-electron chi connectivity index (χ4n) is 1.62. The number of azide groups is 1. The average molecular weight is 305 g/mol. The summed E-state index contributed by atoms with van der Waals surface area (Å²) in [7, 11) is 0. The number of nitro benzene ring substituents is 1. The number of halogens is 1. The van der Waals surface area contributed by atoms with Crippen molar-refractivity contribution < 1.29 is 9.66 Å². The minimum Gasteiger partial charge on any atom is -0.489 e. The quantitative estimate of drug-likeness (QED) is 0.261. The van der Waals surface area contributed by atoms with Crippen molar-refractivity contribution in [1.82, 2.24) is 0 Å². The monoisotopic (exact) mass is 304 g/mol. The molecule has 8 heteroatoms. The van der Waals surface area contributed by atoms with Crippen LogP contribution in [-0.4, -0.2) is 4.92 Å². The largest absolute Gasteiger partial charge is 0.489 e. The molecular weight excluding hydrogens is 296 g/mol. The standard InChI is InChI=1S/C13H9ClN4O3/c14-10-3-1-9(2-4-10)8-21-11-5-6-12(16-17-15)13(7-11)18(19)20/h1-7H,8H2. The lowest BCUT2D eigenvalue weighted by Gasteiger charge is -2.07. The molecule has 0 saturated heterocycles. The Bertz CT molecular complexity index is 712. The zero-order valence-electron chi connectivity index (χ0n) is 10.6. The van der Waals surface area contributed by atoms with Crippen LogP contribution >= 0.6 is 11.6 Å². The molecule has 0 fully saturated rings. The molecule has 0 aliphatic heterocycles. The second kappa shape index (κ2) is 6.60. The maximum absolute atomic E-state index is 10.9. The molecule has 0 spiro atoms. The highest BCUT2D eigenvalue weighted by Gasteiger charge is 2.14. The number of hydrogen-bond donors (Lipinski definition) is 0. The van der Waals surface area contributed by atoms with Gasteiger partial charge in [0.1, 0.15) is 18.0 Å². The van der Waals surface area contributed by atoms with Crippen LogP contribution in [0.2, 0.25) is 5.02 Å². The number of hydrogen-bond acceptors (Lipinski definition) is 4. The average Bonchev–Trinajstić information content (AvgIpc) is 2.48. The highest BCUT2D eigenvalue weighted by molar-refractivity contribution is 6.30. The molecule has 0 radical (unpaired) electrons. The summed E-state index contributed by atoms with van der Waals surface area (Å²) in [5.74, 6) is 0.313. The SMILES string of the molecule is [N-]=[N+]=Nc1ccc(OCc2ccc(Cl)cc2)cc1[N+](=O)[O-]. The third-order valence-electron chi connectivity index (χ3n) is 2.61. The second-order valence-electron chi connectivity index (χ2n) is 4.01. The Hall–Kier alpha value is -2.76. The molecule has 2 rings (SSSR count). The lowest BCUT2D eigenvalue weighted by Crippen LogP contribution is -1.96. The van der Waals surface area contributed by atoms with Gasteiger partial charge >= 0.3 is 0 Å². The highest BCUT2D eigenvalue weighted by Crippen LogP contribution is 2.31. The van der Waals surface area contributed by atoms with Gasteiger partial charge in [0.15, 0.2) is 0 Å². The summed E-state index contributed by atoms with van der Waals surface area (Å²) in [6.07, 6.45) is 0. The first-order chi connectivity index (χ1) is 10.1. The first-order valence-electron chi connectivity index (χ1n) is 5.81. The Morgan fingerprint density at radius 3 is 2.62 bits per heavy atom. The Morgan fingerprint density at radius 2 is 2.00 bits per heavy atom. The number of ether oxygens (including phenoxy) is 1. The third kappa shape index (κ3) is 3.85. The van der Waals surface area contributed by atoms with E-state index in [4.69, 9.17) is 21.9 Å². The van der Waals surface area contributed by atoms with Gasteiger partial charge in [-0.05, 0) is 35.4 Å². The zero-order valence-corrected chi connectivity index (χ0v) is 11.4. The molecule has 2 aromatic rings. The number of rotatable bonds is 5. The van der Waals surface area contributed by atoms with Crippen LogP contribution in [0, 0.1) is 10.1 Å². The fraction of sp³-hybridized carbons (Fsp3) is 0.0769. The highest BCUT2D eigenvalue weighted by atomic mass is 35.5. The van der Waals surface area contributed by atoms with Crippen molar-refractivity contribution in [3.63, 3.8) is 0 Å². The Morgan fingerprint density at radius 1 is 1.29 bits per heavy atom. The first kappa shape index (κ1) is 14.6. The summed E-state index contributed by atoms with van der Waals surface area (Å²) in [5, 5.41) is 14.8. The van der Waals surface area contributed by atoms with E-state index in [1.165, 1.54) is 18.2 Å². The van der Waals surface area contributed by atoms with E-state index in [1.807, 2.05) is 0 Å². The molecule has 21 heavy (non-hydrogen) atoms. The van der Waals surface area contributed by atoms with Gasteiger partial charge in [-0.2, -0.15) is 0 Å². The summed E-state index contributed by atoms with van der Waals surface area (Å²) in [6, 6.07) is 11.1. The van der Waals surface area contributed by atoms with Crippen molar-refractivity contribution in [2.75, 3.05) is 0 Å². The fourth-order valence-corrected chi connectivity index (χ4v) is 1.75. The van der Waals surface area contributed by atoms with Crippen LogP contribution in [-0.2, 0) is 6.61 Å². The van der Waals surface area contributed by atoms with E-state index in [1.54, 1.807) is 24.3 Å². The molecule has 0 amide bonds. The zero-order chi connectivity index (χ0) is 15.2. The molecular formula is C13H9ClN4O3. The Labute approximate surface area is 124 Å². The summed E-state index contributed by atoms with van der Waals surface area (Å²) >= 11 is 5.78. The maximum atomic E-state index is 10.9. The van der Waals surface area contributed by atoms with Gasteiger partial charge in [-0.3, -0.25) is 10.1 Å². The van der Waals surface area contributed by atoms with Gasteiger partial charge in [-0.1, -0.05) is 28.8 Å². The summed E-state index contributed by atoms with van der Waals surface area (Å²) in [4.78, 5) is 12.8. The van der Waals surface area contributed by atoms with Crippen molar-refractivity contribution in [2.24, 2.45) is 5.11 Å². The third-order valence-corrected chi connectivity index (χ3v) is 2.87. The van der Waals surface area contributed by atoms with Gasteiger partial charge < -0.3 is 4.74 Å². The lowest BCUT2D eigenvalue weighted by atomic mass is 10.2. The van der Waals surface area contributed by atoms with E-state index >= 15 is 0 Å². The lowest BCUT2D eigenvalue weighted by molar-refractivity contribution is -0.384. The van der Waals surface area contributed by atoms with Crippen molar-refractivity contribution >= 4 is 23.0 Å². The molecule has 106 valence electrons. The first-order valence-corrected chi connectivity index (χ1v) is 6.19. The second-order valence-corrected chi connectivity index (χ2v) is 4.45. The van der Waals surface area contributed by atoms with Gasteiger partial charge in [-0.25, -0.2) is 0 Å². The molecule has 0 aliphatic rings. The van der Waals surface area contributed by atoms with Crippen LogP contribution < -0.4 is 4.74 Å². The van der Waals surface area contributed by atoms with Crippen molar-refractivity contribution in [1.29, 1.82) is 0 Å². The van der Waals surface area contributed by atoms with E-state index < -0.39 is 4.92 Å². The summed E-state index contributed by atoms with van der Waals surface area (Å²) in [5.41, 5.74) is 8.88. The van der Waals surface area contributed by atoms with E-state index in [0.717, 1.165) is 5.56 Å². The summed E-state index contributed by atoms with van der Waals surface area (Å²) < 4.78 is 5.47. The van der Waals surface area contributed by atoms with Crippen LogP contribution in [0.25, 0.3) is 10.4 Å². The molecule has 0 heterocycles. The Kier molecular flexibility index (Phi) is 4.61.